The summed E-state index contributed by atoms with van der Waals surface area (Å²) in [6.07, 6.45) is 6.63. The normalized spacial score (nSPS) is 16.1. The average Bonchev–Trinajstić information content (AvgIpc) is 2.93. The van der Waals surface area contributed by atoms with Gasteiger partial charge in [-0.1, -0.05) is 12.2 Å². The molecular weight excluding hydrogens is 160 g/mol. The van der Waals surface area contributed by atoms with Crippen LogP contribution in [0.5, 0.6) is 0 Å². The van der Waals surface area contributed by atoms with Gasteiger partial charge in [0.1, 0.15) is 0 Å². The Labute approximate surface area is 81.3 Å². The molecule has 0 aromatic heterocycles. The zero-order valence-electron chi connectivity index (χ0n) is 8.34. The molecule has 1 aliphatic carbocycles. The monoisotopic (exact) mass is 180 g/mol. The van der Waals surface area contributed by atoms with Crippen molar-refractivity contribution >= 4 is 0 Å². The van der Waals surface area contributed by atoms with Crippen LogP contribution in [0.1, 0.15) is 12.8 Å². The van der Waals surface area contributed by atoms with Gasteiger partial charge in [-0.2, -0.15) is 0 Å². The van der Waals surface area contributed by atoms with E-state index in [4.69, 9.17) is 0 Å². The Hall–Kier alpha value is -0.600. The Balaban J connectivity index is 2.06. The minimum absolute atomic E-state index is 0.837. The zero-order valence-corrected chi connectivity index (χ0v) is 8.34. The van der Waals surface area contributed by atoms with Crippen molar-refractivity contribution in [2.75, 3.05) is 26.2 Å². The first kappa shape index (κ1) is 10.5. The van der Waals surface area contributed by atoms with E-state index >= 15 is 0 Å². The molecule has 1 aliphatic rings. The lowest BCUT2D eigenvalue weighted by Gasteiger charge is -2.19. The van der Waals surface area contributed by atoms with Gasteiger partial charge in [0.05, 0.1) is 0 Å². The molecular formula is C11H20N2. The van der Waals surface area contributed by atoms with Crippen LogP contribution in [-0.2, 0) is 0 Å². The molecule has 0 saturated heterocycles. The SMILES string of the molecule is C=CCNCCN(CC=C)C1CC1. The highest BCUT2D eigenvalue weighted by Crippen LogP contribution is 2.25. The Morgan fingerprint density at radius 1 is 1.31 bits per heavy atom. The van der Waals surface area contributed by atoms with E-state index in [2.05, 4.69) is 23.4 Å². The molecule has 0 aromatic carbocycles. The van der Waals surface area contributed by atoms with Gasteiger partial charge in [0.15, 0.2) is 0 Å². The van der Waals surface area contributed by atoms with Crippen LogP contribution in [0.4, 0.5) is 0 Å². The third-order valence-corrected chi connectivity index (χ3v) is 2.29. The Morgan fingerprint density at radius 2 is 2.08 bits per heavy atom. The minimum atomic E-state index is 0.837. The van der Waals surface area contributed by atoms with E-state index in [-0.39, 0.29) is 0 Å². The molecule has 74 valence electrons. The topological polar surface area (TPSA) is 15.3 Å². The maximum absolute atomic E-state index is 3.78. The summed E-state index contributed by atoms with van der Waals surface area (Å²) in [5.74, 6) is 0. The van der Waals surface area contributed by atoms with Crippen molar-refractivity contribution in [3.8, 4) is 0 Å². The molecule has 0 atom stereocenters. The molecule has 2 nitrogen and oxygen atoms in total. The molecule has 1 fully saturated rings. The van der Waals surface area contributed by atoms with Crippen molar-refractivity contribution in [1.29, 1.82) is 0 Å². The smallest absolute Gasteiger partial charge is 0.0164 e. The molecule has 1 N–H and O–H groups in total. The van der Waals surface area contributed by atoms with Gasteiger partial charge in [0, 0.05) is 32.2 Å². The lowest BCUT2D eigenvalue weighted by Crippen LogP contribution is -2.33. The Kier molecular flexibility index (Phi) is 4.79. The van der Waals surface area contributed by atoms with Crippen molar-refractivity contribution in [2.24, 2.45) is 0 Å². The molecule has 0 aliphatic heterocycles. The quantitative estimate of drug-likeness (QED) is 0.449. The lowest BCUT2D eigenvalue weighted by molar-refractivity contribution is 0.293. The van der Waals surface area contributed by atoms with Crippen molar-refractivity contribution < 1.29 is 0 Å². The number of hydrogen-bond donors (Lipinski definition) is 1. The highest BCUT2D eigenvalue weighted by Gasteiger charge is 2.27. The van der Waals surface area contributed by atoms with E-state index < -0.39 is 0 Å². The maximum Gasteiger partial charge on any atom is 0.0164 e. The summed E-state index contributed by atoms with van der Waals surface area (Å²) in [5.41, 5.74) is 0. The van der Waals surface area contributed by atoms with Gasteiger partial charge < -0.3 is 5.32 Å². The first-order valence-electron chi connectivity index (χ1n) is 5.05. The molecule has 0 aromatic rings. The maximum atomic E-state index is 3.78. The summed E-state index contributed by atoms with van der Waals surface area (Å²) in [5, 5.41) is 3.31. The fourth-order valence-corrected chi connectivity index (χ4v) is 1.46. The van der Waals surface area contributed by atoms with Crippen LogP contribution >= 0.6 is 0 Å². The number of rotatable bonds is 8. The van der Waals surface area contributed by atoms with E-state index in [0.29, 0.717) is 0 Å². The highest BCUT2D eigenvalue weighted by molar-refractivity contribution is 4.88. The average molecular weight is 180 g/mol. The van der Waals surface area contributed by atoms with Crippen molar-refractivity contribution in [3.05, 3.63) is 25.3 Å². The third kappa shape index (κ3) is 4.25. The zero-order chi connectivity index (χ0) is 9.52. The van der Waals surface area contributed by atoms with Crippen LogP contribution in [0, 0.1) is 0 Å². The standard InChI is InChI=1S/C11H20N2/c1-3-7-12-8-10-13(9-4-2)11-5-6-11/h3-4,11-12H,1-2,5-10H2. The largest absolute Gasteiger partial charge is 0.312 e. The molecule has 13 heavy (non-hydrogen) atoms. The second-order valence-corrected chi connectivity index (χ2v) is 3.51. The summed E-state index contributed by atoms with van der Waals surface area (Å²) in [6.45, 7) is 11.6. The molecule has 0 radical (unpaired) electrons. The summed E-state index contributed by atoms with van der Waals surface area (Å²) in [7, 11) is 0. The first-order chi connectivity index (χ1) is 6.38. The number of nitrogens with one attached hydrogen (secondary N) is 1. The van der Waals surface area contributed by atoms with Crippen LogP contribution < -0.4 is 5.32 Å². The van der Waals surface area contributed by atoms with Crippen LogP contribution in [0.25, 0.3) is 0 Å². The number of hydrogen-bond acceptors (Lipinski definition) is 2. The molecule has 0 unspecified atom stereocenters. The minimum Gasteiger partial charge on any atom is -0.312 e. The second-order valence-electron chi connectivity index (χ2n) is 3.51. The van der Waals surface area contributed by atoms with Crippen LogP contribution in [0.2, 0.25) is 0 Å². The molecule has 0 amide bonds. The van der Waals surface area contributed by atoms with E-state index in [1.807, 2.05) is 12.2 Å². The summed E-state index contributed by atoms with van der Waals surface area (Å²) < 4.78 is 0. The number of nitrogens with zero attached hydrogens (tertiary/aromatic N) is 1. The first-order valence-corrected chi connectivity index (χ1v) is 5.05. The summed E-state index contributed by atoms with van der Waals surface area (Å²) >= 11 is 0. The Morgan fingerprint density at radius 3 is 2.62 bits per heavy atom. The molecule has 0 heterocycles. The van der Waals surface area contributed by atoms with Crippen LogP contribution in [0.3, 0.4) is 0 Å². The molecule has 0 spiro atoms. The fourth-order valence-electron chi connectivity index (χ4n) is 1.46. The molecule has 2 heteroatoms. The van der Waals surface area contributed by atoms with Crippen LogP contribution in [-0.4, -0.2) is 37.1 Å². The molecule has 1 rings (SSSR count). The van der Waals surface area contributed by atoms with Crippen LogP contribution in [0.15, 0.2) is 25.3 Å². The van der Waals surface area contributed by atoms with E-state index in [0.717, 1.165) is 32.2 Å². The summed E-state index contributed by atoms with van der Waals surface area (Å²) in [4.78, 5) is 2.49. The third-order valence-electron chi connectivity index (χ3n) is 2.29. The van der Waals surface area contributed by atoms with Gasteiger partial charge in [-0.25, -0.2) is 0 Å². The van der Waals surface area contributed by atoms with Crippen molar-refractivity contribution in [1.82, 2.24) is 10.2 Å². The molecule has 0 bridgehead atoms. The van der Waals surface area contributed by atoms with E-state index in [1.165, 1.54) is 12.8 Å². The highest BCUT2D eigenvalue weighted by atomic mass is 15.2. The van der Waals surface area contributed by atoms with E-state index in [9.17, 15) is 0 Å². The summed E-state index contributed by atoms with van der Waals surface area (Å²) in [6, 6.07) is 0.837. The van der Waals surface area contributed by atoms with E-state index in [1.54, 1.807) is 0 Å². The van der Waals surface area contributed by atoms with Gasteiger partial charge in [-0.3, -0.25) is 4.90 Å². The predicted octanol–water partition coefficient (Wildman–Crippen LogP) is 1.41. The van der Waals surface area contributed by atoms with Gasteiger partial charge in [-0.15, -0.1) is 13.2 Å². The van der Waals surface area contributed by atoms with Crippen molar-refractivity contribution in [2.45, 2.75) is 18.9 Å². The van der Waals surface area contributed by atoms with Gasteiger partial charge in [0.2, 0.25) is 0 Å². The van der Waals surface area contributed by atoms with Gasteiger partial charge in [-0.05, 0) is 12.8 Å². The lowest BCUT2D eigenvalue weighted by atomic mass is 10.4. The second kappa shape index (κ2) is 5.95. The van der Waals surface area contributed by atoms with Gasteiger partial charge in [0.25, 0.3) is 0 Å². The van der Waals surface area contributed by atoms with Gasteiger partial charge >= 0.3 is 0 Å². The predicted molar refractivity (Wildman–Crippen MR) is 57.9 cm³/mol. The van der Waals surface area contributed by atoms with Crippen molar-refractivity contribution in [3.63, 3.8) is 0 Å². The fraction of sp³-hybridized carbons (Fsp3) is 0.636. The molecule has 1 saturated carbocycles. The Bertz CT molecular complexity index is 161.